The molecule has 106 valence electrons. The Bertz CT molecular complexity index is 613. The van der Waals surface area contributed by atoms with Crippen LogP contribution in [0, 0.1) is 12.7 Å². The summed E-state index contributed by atoms with van der Waals surface area (Å²) in [6, 6.07) is 5.76. The minimum atomic E-state index is -0.425. The van der Waals surface area contributed by atoms with E-state index in [1.54, 1.807) is 18.0 Å². The summed E-state index contributed by atoms with van der Waals surface area (Å²) >= 11 is 1.55. The molecule has 3 N–H and O–H groups in total. The van der Waals surface area contributed by atoms with E-state index in [-0.39, 0.29) is 11.6 Å². The molecule has 4 nitrogen and oxygen atoms in total. The summed E-state index contributed by atoms with van der Waals surface area (Å²) in [5, 5.41) is 2.66. The number of amides is 1. The van der Waals surface area contributed by atoms with Crippen molar-refractivity contribution in [3.05, 3.63) is 42.1 Å². The molecule has 1 aromatic heterocycles. The molecule has 2 aromatic rings. The molecule has 0 saturated heterocycles. The zero-order valence-corrected chi connectivity index (χ0v) is 11.8. The molecule has 0 unspecified atom stereocenters. The van der Waals surface area contributed by atoms with Crippen LogP contribution in [-0.2, 0) is 4.79 Å². The van der Waals surface area contributed by atoms with Gasteiger partial charge >= 0.3 is 0 Å². The molecule has 1 aromatic carbocycles. The topological polar surface area (TPSA) is 68.3 Å². The van der Waals surface area contributed by atoms with E-state index in [0.717, 1.165) is 10.7 Å². The number of benzene rings is 1. The van der Waals surface area contributed by atoms with Crippen LogP contribution in [0.4, 0.5) is 15.8 Å². The van der Waals surface area contributed by atoms with Gasteiger partial charge in [-0.1, -0.05) is 0 Å². The quantitative estimate of drug-likeness (QED) is 0.655. The molecule has 0 aliphatic rings. The van der Waals surface area contributed by atoms with Crippen LogP contribution < -0.4 is 11.1 Å². The van der Waals surface area contributed by atoms with Crippen LogP contribution in [0.15, 0.2) is 39.8 Å². The monoisotopic (exact) mass is 294 g/mol. The summed E-state index contributed by atoms with van der Waals surface area (Å²) < 4.78 is 18.0. The Labute approximate surface area is 120 Å². The Hall–Kier alpha value is -1.95. The third-order valence-corrected chi connectivity index (χ3v) is 3.83. The lowest BCUT2D eigenvalue weighted by Crippen LogP contribution is -2.13. The second-order valence-corrected chi connectivity index (χ2v) is 5.36. The van der Waals surface area contributed by atoms with Crippen LogP contribution in [0.2, 0.25) is 0 Å². The molecule has 1 amide bonds. The van der Waals surface area contributed by atoms with Gasteiger partial charge in [-0.3, -0.25) is 4.79 Å². The minimum Gasteiger partial charge on any atom is -0.468 e. The summed E-state index contributed by atoms with van der Waals surface area (Å²) in [4.78, 5) is 12.8. The van der Waals surface area contributed by atoms with Crippen molar-refractivity contribution in [2.24, 2.45) is 0 Å². The van der Waals surface area contributed by atoms with Gasteiger partial charge in [0.25, 0.3) is 0 Å². The summed E-state index contributed by atoms with van der Waals surface area (Å²) in [5.74, 6) is 0.898. The molecule has 0 saturated carbocycles. The second kappa shape index (κ2) is 6.47. The van der Waals surface area contributed by atoms with Crippen molar-refractivity contribution in [3.8, 4) is 0 Å². The van der Waals surface area contributed by atoms with E-state index in [0.29, 0.717) is 17.9 Å². The van der Waals surface area contributed by atoms with Crippen molar-refractivity contribution < 1.29 is 13.6 Å². The van der Waals surface area contributed by atoms with Gasteiger partial charge in [-0.25, -0.2) is 4.39 Å². The molecule has 0 spiro atoms. The Morgan fingerprint density at radius 1 is 1.45 bits per heavy atom. The third-order valence-electron chi connectivity index (χ3n) is 2.69. The zero-order chi connectivity index (χ0) is 14.5. The van der Waals surface area contributed by atoms with Crippen molar-refractivity contribution >= 4 is 29.0 Å². The number of nitrogen functional groups attached to an aromatic ring is 1. The van der Waals surface area contributed by atoms with Crippen molar-refractivity contribution in [1.29, 1.82) is 0 Å². The lowest BCUT2D eigenvalue weighted by molar-refractivity contribution is -0.115. The number of hydrogen-bond acceptors (Lipinski definition) is 4. The number of anilines is 2. The highest BCUT2D eigenvalue weighted by Crippen LogP contribution is 2.24. The van der Waals surface area contributed by atoms with Gasteiger partial charge in [0, 0.05) is 17.1 Å². The van der Waals surface area contributed by atoms with Crippen LogP contribution >= 0.6 is 11.8 Å². The molecular weight excluding hydrogens is 279 g/mol. The van der Waals surface area contributed by atoms with Gasteiger partial charge in [0.2, 0.25) is 5.91 Å². The van der Waals surface area contributed by atoms with Crippen LogP contribution in [0.25, 0.3) is 0 Å². The van der Waals surface area contributed by atoms with Crippen molar-refractivity contribution in [1.82, 2.24) is 0 Å². The molecule has 0 aliphatic heterocycles. The van der Waals surface area contributed by atoms with Gasteiger partial charge in [-0.2, -0.15) is 0 Å². The number of carbonyl (C=O) groups excluding carboxylic acids is 1. The number of carbonyl (C=O) groups is 1. The number of hydrogen-bond donors (Lipinski definition) is 2. The lowest BCUT2D eigenvalue weighted by atomic mass is 10.2. The molecule has 6 heteroatoms. The fourth-order valence-electron chi connectivity index (χ4n) is 1.64. The fraction of sp³-hybridized carbons (Fsp3) is 0.214. The maximum Gasteiger partial charge on any atom is 0.225 e. The Morgan fingerprint density at radius 2 is 2.25 bits per heavy atom. The third kappa shape index (κ3) is 3.77. The average molecular weight is 294 g/mol. The average Bonchev–Trinajstić information content (AvgIpc) is 2.79. The van der Waals surface area contributed by atoms with Gasteiger partial charge in [0.05, 0.1) is 17.6 Å². The van der Waals surface area contributed by atoms with E-state index in [9.17, 15) is 9.18 Å². The number of rotatable bonds is 5. The van der Waals surface area contributed by atoms with Crippen LogP contribution in [0.1, 0.15) is 12.2 Å². The molecule has 0 fully saturated rings. The van der Waals surface area contributed by atoms with Gasteiger partial charge in [0.1, 0.15) is 11.6 Å². The van der Waals surface area contributed by atoms with E-state index in [1.165, 1.54) is 18.2 Å². The smallest absolute Gasteiger partial charge is 0.225 e. The van der Waals surface area contributed by atoms with Gasteiger partial charge in [0.15, 0.2) is 0 Å². The lowest BCUT2D eigenvalue weighted by Gasteiger charge is -2.07. The molecule has 0 aliphatic carbocycles. The number of aryl methyl sites for hydroxylation is 1. The van der Waals surface area contributed by atoms with Crippen LogP contribution in [0.3, 0.4) is 0 Å². The van der Waals surface area contributed by atoms with Crippen molar-refractivity contribution in [2.45, 2.75) is 18.2 Å². The highest BCUT2D eigenvalue weighted by Gasteiger charge is 2.08. The highest BCUT2D eigenvalue weighted by atomic mass is 32.2. The van der Waals surface area contributed by atoms with Crippen molar-refractivity contribution in [3.63, 3.8) is 0 Å². The van der Waals surface area contributed by atoms with E-state index < -0.39 is 5.82 Å². The van der Waals surface area contributed by atoms with E-state index in [2.05, 4.69) is 5.32 Å². The molecule has 0 bridgehead atoms. The molecule has 0 atom stereocenters. The highest BCUT2D eigenvalue weighted by molar-refractivity contribution is 7.99. The van der Waals surface area contributed by atoms with Gasteiger partial charge in [-0.05, 0) is 31.2 Å². The number of nitrogens with two attached hydrogens (primary N) is 1. The first-order chi connectivity index (χ1) is 9.56. The molecule has 0 radical (unpaired) electrons. The minimum absolute atomic E-state index is 0.156. The first-order valence-corrected chi connectivity index (χ1v) is 7.06. The zero-order valence-electron chi connectivity index (χ0n) is 11.0. The molecule has 2 rings (SSSR count). The predicted octanol–water partition coefficient (Wildman–Crippen LogP) is 3.43. The summed E-state index contributed by atoms with van der Waals surface area (Å²) in [5.41, 5.74) is 6.27. The normalized spacial score (nSPS) is 10.5. The van der Waals surface area contributed by atoms with Gasteiger partial charge < -0.3 is 15.5 Å². The first-order valence-electron chi connectivity index (χ1n) is 6.08. The van der Waals surface area contributed by atoms with Crippen LogP contribution in [-0.4, -0.2) is 11.7 Å². The molecule has 1 heterocycles. The standard InChI is InChI=1S/C14H15FN2O2S/c1-9-13(4-6-19-9)20-7-5-14(18)17-12-3-2-10(15)8-11(12)16/h2-4,6,8H,5,7,16H2,1H3,(H,17,18). The van der Waals surface area contributed by atoms with Crippen LogP contribution in [0.5, 0.6) is 0 Å². The van der Waals surface area contributed by atoms with E-state index in [4.69, 9.17) is 10.2 Å². The number of nitrogens with one attached hydrogen (secondary N) is 1. The number of thioether (sulfide) groups is 1. The fourth-order valence-corrected chi connectivity index (χ4v) is 2.55. The summed E-state index contributed by atoms with van der Waals surface area (Å²) in [6.07, 6.45) is 1.96. The summed E-state index contributed by atoms with van der Waals surface area (Å²) in [6.45, 7) is 1.88. The first kappa shape index (κ1) is 14.5. The van der Waals surface area contributed by atoms with Crippen molar-refractivity contribution in [2.75, 3.05) is 16.8 Å². The Balaban J connectivity index is 1.82. The Morgan fingerprint density at radius 3 is 2.90 bits per heavy atom. The number of furan rings is 1. The van der Waals surface area contributed by atoms with E-state index in [1.807, 2.05) is 13.0 Å². The number of halogens is 1. The molecular formula is C14H15FN2O2S. The molecule has 20 heavy (non-hydrogen) atoms. The predicted molar refractivity (Wildman–Crippen MR) is 78.2 cm³/mol. The summed E-state index contributed by atoms with van der Waals surface area (Å²) in [7, 11) is 0. The maximum absolute atomic E-state index is 12.9. The maximum atomic E-state index is 12.9. The Kier molecular flexibility index (Phi) is 4.68. The second-order valence-electron chi connectivity index (χ2n) is 4.22. The largest absolute Gasteiger partial charge is 0.468 e. The van der Waals surface area contributed by atoms with E-state index >= 15 is 0 Å². The van der Waals surface area contributed by atoms with Gasteiger partial charge in [-0.15, -0.1) is 11.8 Å². The SMILES string of the molecule is Cc1occc1SCCC(=O)Nc1ccc(F)cc1N.